The van der Waals surface area contributed by atoms with Gasteiger partial charge in [-0.05, 0) is 76.2 Å². The van der Waals surface area contributed by atoms with Crippen LogP contribution in [0.1, 0.15) is 38.0 Å². The van der Waals surface area contributed by atoms with Gasteiger partial charge in [-0.3, -0.25) is 4.98 Å². The molecule has 11 heteroatoms. The summed E-state index contributed by atoms with van der Waals surface area (Å²) in [4.78, 5) is 36.0. The first-order valence-electron chi connectivity index (χ1n) is 14.8. The number of hydrogen-bond donors (Lipinski definition) is 1. The number of halogens is 1. The van der Waals surface area contributed by atoms with Gasteiger partial charge in [0.2, 0.25) is 5.95 Å². The van der Waals surface area contributed by atoms with Crippen LogP contribution in [-0.2, 0) is 9.53 Å². The third-order valence-corrected chi connectivity index (χ3v) is 9.14. The van der Waals surface area contributed by atoms with Gasteiger partial charge >= 0.3 is 5.97 Å². The minimum atomic E-state index is -1.17. The van der Waals surface area contributed by atoms with Gasteiger partial charge in [0.15, 0.2) is 6.10 Å². The van der Waals surface area contributed by atoms with Crippen LogP contribution in [0.3, 0.4) is 0 Å². The van der Waals surface area contributed by atoms with Gasteiger partial charge in [0.1, 0.15) is 5.01 Å². The molecule has 0 amide bonds. The van der Waals surface area contributed by atoms with E-state index in [0.717, 1.165) is 80.9 Å². The van der Waals surface area contributed by atoms with E-state index in [1.54, 1.807) is 6.20 Å². The zero-order valence-electron chi connectivity index (χ0n) is 25.9. The van der Waals surface area contributed by atoms with Crippen molar-refractivity contribution in [2.75, 3.05) is 38.1 Å². The Labute approximate surface area is 271 Å². The number of carboxylic acids is 1. The molecule has 1 aliphatic rings. The molecule has 0 bridgehead atoms. The van der Waals surface area contributed by atoms with Crippen LogP contribution in [0.15, 0.2) is 61.1 Å². The van der Waals surface area contributed by atoms with Crippen molar-refractivity contribution in [2.45, 2.75) is 39.4 Å². The van der Waals surface area contributed by atoms with Crippen LogP contribution in [-0.4, -0.2) is 74.7 Å². The average Bonchev–Trinajstić information content (AvgIpc) is 3.44. The molecule has 0 aliphatic carbocycles. The number of carboxylic acid groups (broad SMARTS) is 1. The molecule has 3 aromatic heterocycles. The second-order valence-corrected chi connectivity index (χ2v) is 13.7. The van der Waals surface area contributed by atoms with Crippen LogP contribution in [0.2, 0.25) is 5.02 Å². The molecule has 1 fully saturated rings. The highest BCUT2D eigenvalue weighted by Gasteiger charge is 2.32. The Morgan fingerprint density at radius 1 is 0.978 bits per heavy atom. The van der Waals surface area contributed by atoms with Gasteiger partial charge in [-0.25, -0.2) is 19.7 Å². The smallest absolute Gasteiger partial charge is 0.337 e. The number of nitrogens with zero attached hydrogens (tertiary/aromatic N) is 6. The molecule has 45 heavy (non-hydrogen) atoms. The highest BCUT2D eigenvalue weighted by Crippen LogP contribution is 2.44. The highest BCUT2D eigenvalue weighted by molar-refractivity contribution is 7.22. The third-order valence-electron chi connectivity index (χ3n) is 7.75. The number of carbonyl (C=O) groups is 1. The van der Waals surface area contributed by atoms with Crippen molar-refractivity contribution in [3.63, 3.8) is 0 Å². The summed E-state index contributed by atoms with van der Waals surface area (Å²) < 4.78 is 7.01. The van der Waals surface area contributed by atoms with Crippen molar-refractivity contribution in [1.82, 2.24) is 24.8 Å². The van der Waals surface area contributed by atoms with Crippen molar-refractivity contribution in [3.05, 3.63) is 77.2 Å². The zero-order valence-corrected chi connectivity index (χ0v) is 27.5. The molecule has 0 saturated carbocycles. The van der Waals surface area contributed by atoms with Gasteiger partial charge in [-0.1, -0.05) is 23.7 Å². The lowest BCUT2D eigenvalue weighted by molar-refractivity contribution is -0.160. The van der Waals surface area contributed by atoms with E-state index in [1.165, 1.54) is 11.3 Å². The van der Waals surface area contributed by atoms with Gasteiger partial charge in [-0.2, -0.15) is 0 Å². The maximum Gasteiger partial charge on any atom is 0.337 e. The van der Waals surface area contributed by atoms with Crippen LogP contribution in [0.4, 0.5) is 5.95 Å². The van der Waals surface area contributed by atoms with Crippen LogP contribution < -0.4 is 4.90 Å². The molecule has 9 nitrogen and oxygen atoms in total. The van der Waals surface area contributed by atoms with Gasteiger partial charge in [-0.15, -0.1) is 11.3 Å². The Hall–Kier alpha value is -3.96. The predicted molar refractivity (Wildman–Crippen MR) is 180 cm³/mol. The Kier molecular flexibility index (Phi) is 8.58. The summed E-state index contributed by atoms with van der Waals surface area (Å²) in [6, 6.07) is 13.3. The number of pyridine rings is 1. The minimum absolute atomic E-state index is 0.597. The normalized spacial score (nSPS) is 15.0. The SMILES string of the molecule is Cc1cc2nc(-c3ccnc(-c4cnc(N5CCN(C)CC5)nc4)c3)sc2c(-c2ccc(Cl)cc2)c1[C@H](OC(C)(C)C)C(=O)O. The Morgan fingerprint density at radius 3 is 2.31 bits per heavy atom. The van der Waals surface area contributed by atoms with Crippen LogP contribution in [0, 0.1) is 6.92 Å². The molecule has 5 aromatic rings. The summed E-state index contributed by atoms with van der Waals surface area (Å²) in [5, 5.41) is 11.7. The summed E-state index contributed by atoms with van der Waals surface area (Å²) in [6.07, 6.45) is 4.23. The summed E-state index contributed by atoms with van der Waals surface area (Å²) in [5.74, 6) is -0.322. The number of hydrogen-bond acceptors (Lipinski definition) is 9. The lowest BCUT2D eigenvalue weighted by atomic mass is 9.91. The average molecular weight is 643 g/mol. The van der Waals surface area contributed by atoms with E-state index in [0.29, 0.717) is 10.6 Å². The Bertz CT molecular complexity index is 1850. The van der Waals surface area contributed by atoms with Crippen LogP contribution in [0.5, 0.6) is 0 Å². The quantitative estimate of drug-likeness (QED) is 0.198. The molecule has 4 heterocycles. The number of ether oxygens (including phenoxy) is 1. The van der Waals surface area contributed by atoms with Crippen LogP contribution in [0.25, 0.3) is 43.2 Å². The first-order valence-corrected chi connectivity index (χ1v) is 16.0. The standard InChI is InChI=1S/C34H35ClN6O3S/c1-20-16-26-30(28(21-6-8-24(35)9-7-21)27(20)29(32(42)43)44-34(2,3)4)45-31(39-26)22-10-11-36-25(17-22)23-18-37-33(38-19-23)41-14-12-40(5)13-15-41/h6-11,16-19,29H,12-15H2,1-5H3,(H,42,43)/t29-/m0/s1. The van der Waals surface area contributed by atoms with Crippen molar-refractivity contribution in [3.8, 4) is 33.0 Å². The zero-order chi connectivity index (χ0) is 31.9. The molecule has 1 atom stereocenters. The van der Waals surface area contributed by atoms with Gasteiger partial charge in [0.05, 0.1) is 21.5 Å². The first-order chi connectivity index (χ1) is 21.5. The lowest BCUT2D eigenvalue weighted by Gasteiger charge is -2.32. The monoisotopic (exact) mass is 642 g/mol. The fourth-order valence-electron chi connectivity index (χ4n) is 5.51. The van der Waals surface area contributed by atoms with Gasteiger partial charge in [0.25, 0.3) is 0 Å². The second-order valence-electron chi connectivity index (χ2n) is 12.3. The number of aromatic nitrogens is 4. The number of rotatable bonds is 7. The second kappa shape index (κ2) is 12.4. The summed E-state index contributed by atoms with van der Waals surface area (Å²) >= 11 is 7.75. The number of aryl methyl sites for hydroxylation is 1. The summed E-state index contributed by atoms with van der Waals surface area (Å²) in [6.45, 7) is 11.2. The lowest BCUT2D eigenvalue weighted by Crippen LogP contribution is -2.45. The third kappa shape index (κ3) is 6.69. The maximum atomic E-state index is 12.6. The van der Waals surface area contributed by atoms with Gasteiger partial charge < -0.3 is 19.6 Å². The Balaban J connectivity index is 1.42. The van der Waals surface area contributed by atoms with E-state index < -0.39 is 17.7 Å². The molecule has 1 saturated heterocycles. The number of anilines is 1. The molecule has 1 aliphatic heterocycles. The van der Waals surface area contributed by atoms with E-state index in [-0.39, 0.29) is 0 Å². The van der Waals surface area contributed by atoms with E-state index in [4.69, 9.17) is 21.3 Å². The highest BCUT2D eigenvalue weighted by atomic mass is 35.5. The number of piperazine rings is 1. The maximum absolute atomic E-state index is 12.6. The molecular weight excluding hydrogens is 608 g/mol. The number of likely N-dealkylation sites (N-methyl/N-ethyl adjacent to an activating group) is 1. The predicted octanol–water partition coefficient (Wildman–Crippen LogP) is 7.14. The number of fused-ring (bicyclic) bond motifs is 1. The van der Waals surface area contributed by atoms with Crippen LogP contribution >= 0.6 is 22.9 Å². The van der Waals surface area contributed by atoms with Gasteiger partial charge in [0, 0.05) is 72.0 Å². The first kappa shape index (κ1) is 31.0. The molecule has 0 spiro atoms. The van der Waals surface area contributed by atoms with Crippen molar-refractivity contribution in [1.29, 1.82) is 0 Å². The Morgan fingerprint density at radius 2 is 1.67 bits per heavy atom. The largest absolute Gasteiger partial charge is 0.479 e. The van der Waals surface area contributed by atoms with Crippen molar-refractivity contribution >= 4 is 45.1 Å². The number of benzene rings is 2. The summed E-state index contributed by atoms with van der Waals surface area (Å²) in [7, 11) is 2.12. The summed E-state index contributed by atoms with van der Waals surface area (Å²) in [5.41, 5.74) is 5.57. The molecule has 1 N–H and O–H groups in total. The van der Waals surface area contributed by atoms with E-state index in [9.17, 15) is 9.90 Å². The molecule has 0 radical (unpaired) electrons. The van der Waals surface area contributed by atoms with Crippen molar-refractivity contribution in [2.24, 2.45) is 0 Å². The molecule has 2 aromatic carbocycles. The fraction of sp³-hybridized carbons (Fsp3) is 0.324. The number of thiazole rings is 1. The molecule has 6 rings (SSSR count). The van der Waals surface area contributed by atoms with E-state index in [2.05, 4.69) is 31.8 Å². The van der Waals surface area contributed by atoms with E-state index in [1.807, 2.05) is 82.6 Å². The fourth-order valence-corrected chi connectivity index (χ4v) is 6.75. The molecule has 232 valence electrons. The molecular formula is C34H35ClN6O3S. The van der Waals surface area contributed by atoms with Crippen molar-refractivity contribution < 1.29 is 14.6 Å². The minimum Gasteiger partial charge on any atom is -0.479 e. The molecule has 0 unspecified atom stereocenters. The topological polar surface area (TPSA) is 105 Å². The van der Waals surface area contributed by atoms with E-state index >= 15 is 0 Å². The number of aliphatic carboxylic acids is 1.